The summed E-state index contributed by atoms with van der Waals surface area (Å²) in [5.74, 6) is 0.164. The van der Waals surface area contributed by atoms with Crippen molar-refractivity contribution in [2.24, 2.45) is 10.9 Å². The molecule has 3 N–H and O–H groups in total. The smallest absolute Gasteiger partial charge is 0.145 e. The molecule has 0 amide bonds. The van der Waals surface area contributed by atoms with Gasteiger partial charge in [-0.25, -0.2) is 4.98 Å². The number of amidine groups is 1. The van der Waals surface area contributed by atoms with Crippen LogP contribution in [-0.4, -0.2) is 20.4 Å². The minimum Gasteiger partial charge on any atom is -0.409 e. The fourth-order valence-electron chi connectivity index (χ4n) is 1.55. The monoisotopic (exact) mass is 204 g/mol. The average Bonchev–Trinajstić information content (AvgIpc) is 2.63. The predicted octanol–water partition coefficient (Wildman–Crippen LogP) is 0.932. The minimum absolute atomic E-state index is 0.164. The topological polar surface area (TPSA) is 75.9 Å². The van der Waals surface area contributed by atoms with E-state index in [2.05, 4.69) is 10.1 Å². The SMILES string of the molecule is Cc1cccc2c(C/C(N)=N/O)ncn12. The van der Waals surface area contributed by atoms with Gasteiger partial charge in [0.2, 0.25) is 0 Å². The quantitative estimate of drug-likeness (QED) is 0.331. The summed E-state index contributed by atoms with van der Waals surface area (Å²) >= 11 is 0. The third-order valence-electron chi connectivity index (χ3n) is 2.33. The molecule has 0 saturated carbocycles. The largest absolute Gasteiger partial charge is 0.409 e. The number of nitrogens with zero attached hydrogens (tertiary/aromatic N) is 3. The number of aryl methyl sites for hydroxylation is 1. The van der Waals surface area contributed by atoms with Crippen molar-refractivity contribution in [1.29, 1.82) is 0 Å². The minimum atomic E-state index is 0.164. The first-order valence-electron chi connectivity index (χ1n) is 4.60. The first kappa shape index (κ1) is 9.51. The van der Waals surface area contributed by atoms with Gasteiger partial charge in [0.1, 0.15) is 5.84 Å². The summed E-state index contributed by atoms with van der Waals surface area (Å²) in [4.78, 5) is 4.24. The maximum atomic E-state index is 8.49. The van der Waals surface area contributed by atoms with Crippen molar-refractivity contribution >= 4 is 11.4 Å². The molecule has 0 spiro atoms. The van der Waals surface area contributed by atoms with Crippen LogP contribution in [0.1, 0.15) is 11.4 Å². The van der Waals surface area contributed by atoms with Crippen LogP contribution in [0.15, 0.2) is 29.7 Å². The number of oxime groups is 1. The van der Waals surface area contributed by atoms with Crippen molar-refractivity contribution in [3.05, 3.63) is 35.9 Å². The first-order chi connectivity index (χ1) is 7.22. The Morgan fingerprint density at radius 3 is 3.13 bits per heavy atom. The molecule has 2 aromatic rings. The van der Waals surface area contributed by atoms with Gasteiger partial charge in [-0.1, -0.05) is 11.2 Å². The lowest BCUT2D eigenvalue weighted by molar-refractivity contribution is 0.317. The van der Waals surface area contributed by atoms with Gasteiger partial charge in [0, 0.05) is 5.69 Å². The molecule has 0 fully saturated rings. The fourth-order valence-corrected chi connectivity index (χ4v) is 1.55. The highest BCUT2D eigenvalue weighted by molar-refractivity contribution is 5.83. The lowest BCUT2D eigenvalue weighted by Gasteiger charge is -2.00. The number of pyridine rings is 1. The van der Waals surface area contributed by atoms with Gasteiger partial charge < -0.3 is 15.3 Å². The highest BCUT2D eigenvalue weighted by Crippen LogP contribution is 2.12. The number of fused-ring (bicyclic) bond motifs is 1. The zero-order chi connectivity index (χ0) is 10.8. The number of imidazole rings is 1. The average molecular weight is 204 g/mol. The summed E-state index contributed by atoms with van der Waals surface area (Å²) in [5.41, 5.74) is 8.35. The zero-order valence-electron chi connectivity index (χ0n) is 8.38. The molecule has 2 aromatic heterocycles. The van der Waals surface area contributed by atoms with Gasteiger partial charge in [0.05, 0.1) is 24.0 Å². The Kier molecular flexibility index (Phi) is 2.29. The molecule has 0 aliphatic rings. The number of hydrogen-bond donors (Lipinski definition) is 2. The maximum Gasteiger partial charge on any atom is 0.145 e. The lowest BCUT2D eigenvalue weighted by Crippen LogP contribution is -2.15. The molecule has 78 valence electrons. The van der Waals surface area contributed by atoms with Gasteiger partial charge in [0.15, 0.2) is 0 Å². The van der Waals surface area contributed by atoms with Crippen LogP contribution in [0, 0.1) is 6.92 Å². The van der Waals surface area contributed by atoms with Crippen LogP contribution in [0.4, 0.5) is 0 Å². The standard InChI is InChI=1S/C10H12N4O/c1-7-3-2-4-9-8(5-10(11)13-15)12-6-14(7)9/h2-4,6,15H,5H2,1H3,(H2,11,13). The van der Waals surface area contributed by atoms with E-state index < -0.39 is 0 Å². The third kappa shape index (κ3) is 1.63. The predicted molar refractivity (Wildman–Crippen MR) is 57.0 cm³/mol. The summed E-state index contributed by atoms with van der Waals surface area (Å²) in [6.07, 6.45) is 2.10. The van der Waals surface area contributed by atoms with Crippen LogP contribution in [0.5, 0.6) is 0 Å². The Balaban J connectivity index is 2.50. The number of aromatic nitrogens is 2. The summed E-state index contributed by atoms with van der Waals surface area (Å²) < 4.78 is 1.97. The Labute approximate surface area is 86.8 Å². The van der Waals surface area contributed by atoms with Crippen molar-refractivity contribution in [2.75, 3.05) is 0 Å². The van der Waals surface area contributed by atoms with E-state index in [-0.39, 0.29) is 5.84 Å². The van der Waals surface area contributed by atoms with Crippen molar-refractivity contribution in [3.8, 4) is 0 Å². The Morgan fingerprint density at radius 2 is 2.40 bits per heavy atom. The van der Waals surface area contributed by atoms with E-state index in [1.807, 2.05) is 29.5 Å². The first-order valence-corrected chi connectivity index (χ1v) is 4.60. The zero-order valence-corrected chi connectivity index (χ0v) is 8.38. The molecule has 0 radical (unpaired) electrons. The van der Waals surface area contributed by atoms with Gasteiger partial charge in [-0.2, -0.15) is 0 Å². The van der Waals surface area contributed by atoms with E-state index in [0.717, 1.165) is 16.9 Å². The van der Waals surface area contributed by atoms with Crippen LogP contribution in [0.3, 0.4) is 0 Å². The van der Waals surface area contributed by atoms with Crippen molar-refractivity contribution < 1.29 is 5.21 Å². The number of hydrogen-bond acceptors (Lipinski definition) is 3. The molecule has 0 aromatic carbocycles. The molecule has 0 atom stereocenters. The molecule has 0 aliphatic heterocycles. The van der Waals surface area contributed by atoms with Crippen LogP contribution >= 0.6 is 0 Å². The van der Waals surface area contributed by atoms with E-state index in [9.17, 15) is 0 Å². The molecule has 2 rings (SSSR count). The fraction of sp³-hybridized carbons (Fsp3) is 0.200. The summed E-state index contributed by atoms with van der Waals surface area (Å²) in [6.45, 7) is 2.00. The molecule has 15 heavy (non-hydrogen) atoms. The summed E-state index contributed by atoms with van der Waals surface area (Å²) in [5, 5.41) is 11.4. The highest BCUT2D eigenvalue weighted by Gasteiger charge is 2.06. The Hall–Kier alpha value is -2.04. The molecule has 0 unspecified atom stereocenters. The summed E-state index contributed by atoms with van der Waals surface area (Å²) in [6, 6.07) is 5.92. The normalized spacial score (nSPS) is 12.2. The lowest BCUT2D eigenvalue weighted by atomic mass is 10.2. The van der Waals surface area contributed by atoms with E-state index >= 15 is 0 Å². The van der Waals surface area contributed by atoms with Gasteiger partial charge in [-0.15, -0.1) is 0 Å². The molecule has 5 nitrogen and oxygen atoms in total. The second kappa shape index (κ2) is 3.61. The second-order valence-corrected chi connectivity index (χ2v) is 3.38. The maximum absolute atomic E-state index is 8.49. The molecule has 5 heteroatoms. The van der Waals surface area contributed by atoms with Crippen molar-refractivity contribution in [1.82, 2.24) is 9.38 Å². The summed E-state index contributed by atoms with van der Waals surface area (Å²) in [7, 11) is 0. The number of rotatable bonds is 2. The van der Waals surface area contributed by atoms with Gasteiger partial charge in [-0.05, 0) is 19.1 Å². The Morgan fingerprint density at radius 1 is 1.60 bits per heavy atom. The molecule has 0 bridgehead atoms. The van der Waals surface area contributed by atoms with Crippen LogP contribution in [-0.2, 0) is 6.42 Å². The van der Waals surface area contributed by atoms with Crippen LogP contribution < -0.4 is 5.73 Å². The van der Waals surface area contributed by atoms with Crippen LogP contribution in [0.2, 0.25) is 0 Å². The molecular formula is C10H12N4O. The van der Waals surface area contributed by atoms with E-state index in [0.29, 0.717) is 6.42 Å². The van der Waals surface area contributed by atoms with Gasteiger partial charge >= 0.3 is 0 Å². The Bertz CT molecular complexity index is 515. The molecule has 2 heterocycles. The van der Waals surface area contributed by atoms with E-state index in [4.69, 9.17) is 10.9 Å². The molecular weight excluding hydrogens is 192 g/mol. The highest BCUT2D eigenvalue weighted by atomic mass is 16.4. The van der Waals surface area contributed by atoms with Gasteiger partial charge in [-0.3, -0.25) is 0 Å². The second-order valence-electron chi connectivity index (χ2n) is 3.38. The van der Waals surface area contributed by atoms with E-state index in [1.54, 1.807) is 6.33 Å². The van der Waals surface area contributed by atoms with E-state index in [1.165, 1.54) is 0 Å². The van der Waals surface area contributed by atoms with Crippen molar-refractivity contribution in [2.45, 2.75) is 13.3 Å². The van der Waals surface area contributed by atoms with Crippen molar-refractivity contribution in [3.63, 3.8) is 0 Å². The molecule has 0 aliphatic carbocycles. The van der Waals surface area contributed by atoms with Crippen LogP contribution in [0.25, 0.3) is 5.52 Å². The third-order valence-corrected chi connectivity index (χ3v) is 2.33. The molecule has 0 saturated heterocycles. The van der Waals surface area contributed by atoms with Gasteiger partial charge in [0.25, 0.3) is 0 Å². The number of nitrogens with two attached hydrogens (primary N) is 1.